The van der Waals surface area contributed by atoms with Crippen LogP contribution in [-0.2, 0) is 11.3 Å². The van der Waals surface area contributed by atoms with Gasteiger partial charge in [0, 0.05) is 39.1 Å². The van der Waals surface area contributed by atoms with Gasteiger partial charge in [-0.3, -0.25) is 9.48 Å². The van der Waals surface area contributed by atoms with Crippen LogP contribution in [0.1, 0.15) is 13.3 Å². The summed E-state index contributed by atoms with van der Waals surface area (Å²) in [4.78, 5) is 12.9. The lowest BCUT2D eigenvalue weighted by Gasteiger charge is -2.15. The predicted molar refractivity (Wildman–Crippen MR) is 63.0 cm³/mol. The van der Waals surface area contributed by atoms with E-state index in [1.165, 1.54) is 0 Å². The van der Waals surface area contributed by atoms with Gasteiger partial charge in [0.2, 0.25) is 5.91 Å². The van der Waals surface area contributed by atoms with E-state index in [1.807, 2.05) is 16.9 Å². The Bertz CT molecular complexity index is 308. The van der Waals surface area contributed by atoms with Gasteiger partial charge >= 0.3 is 0 Å². The summed E-state index contributed by atoms with van der Waals surface area (Å²) in [7, 11) is 3.52. The predicted octanol–water partition coefficient (Wildman–Crippen LogP) is 0.339. The standard InChI is InChI=1S/C11H20N4O/c1-10(12-9-11(16)14(2)3)5-8-15-7-4-6-13-15/h4,6-7,10,12H,5,8-9H2,1-3H3. The van der Waals surface area contributed by atoms with Crippen molar-refractivity contribution in [3.05, 3.63) is 18.5 Å². The van der Waals surface area contributed by atoms with E-state index in [-0.39, 0.29) is 5.91 Å². The number of likely N-dealkylation sites (N-methyl/N-ethyl adjacent to an activating group) is 1. The van der Waals surface area contributed by atoms with Gasteiger partial charge in [0.05, 0.1) is 6.54 Å². The molecule has 1 amide bonds. The van der Waals surface area contributed by atoms with Gasteiger partial charge < -0.3 is 10.2 Å². The van der Waals surface area contributed by atoms with Crippen molar-refractivity contribution in [1.29, 1.82) is 0 Å². The molecule has 0 radical (unpaired) electrons. The Morgan fingerprint density at radius 1 is 1.56 bits per heavy atom. The maximum atomic E-state index is 11.3. The molecule has 1 rings (SSSR count). The third kappa shape index (κ3) is 4.44. The van der Waals surface area contributed by atoms with E-state index in [4.69, 9.17) is 0 Å². The first-order chi connectivity index (χ1) is 7.59. The second kappa shape index (κ2) is 6.27. The molecule has 1 heterocycles. The Morgan fingerprint density at radius 3 is 2.88 bits per heavy atom. The molecule has 1 atom stereocenters. The average Bonchev–Trinajstić information content (AvgIpc) is 2.75. The second-order valence-electron chi connectivity index (χ2n) is 4.13. The second-order valence-corrected chi connectivity index (χ2v) is 4.13. The van der Waals surface area contributed by atoms with Gasteiger partial charge in [-0.2, -0.15) is 5.10 Å². The quantitative estimate of drug-likeness (QED) is 0.758. The van der Waals surface area contributed by atoms with Crippen molar-refractivity contribution in [1.82, 2.24) is 20.0 Å². The van der Waals surface area contributed by atoms with Crippen molar-refractivity contribution in [3.8, 4) is 0 Å². The number of carbonyl (C=O) groups is 1. The molecule has 5 nitrogen and oxygen atoms in total. The summed E-state index contributed by atoms with van der Waals surface area (Å²) in [6.45, 7) is 3.34. The molecule has 0 aliphatic heterocycles. The number of hydrogen-bond acceptors (Lipinski definition) is 3. The Morgan fingerprint density at radius 2 is 2.31 bits per heavy atom. The molecule has 0 saturated heterocycles. The molecule has 5 heteroatoms. The first kappa shape index (κ1) is 12.7. The van der Waals surface area contributed by atoms with Crippen LogP contribution in [-0.4, -0.2) is 47.3 Å². The van der Waals surface area contributed by atoms with E-state index >= 15 is 0 Å². The highest BCUT2D eigenvalue weighted by molar-refractivity contribution is 5.77. The molecule has 1 N–H and O–H groups in total. The SMILES string of the molecule is CC(CCn1cccn1)NCC(=O)N(C)C. The van der Waals surface area contributed by atoms with E-state index in [0.29, 0.717) is 12.6 Å². The van der Waals surface area contributed by atoms with Crippen molar-refractivity contribution < 1.29 is 4.79 Å². The first-order valence-electron chi connectivity index (χ1n) is 5.50. The number of hydrogen-bond donors (Lipinski definition) is 1. The highest BCUT2D eigenvalue weighted by atomic mass is 16.2. The monoisotopic (exact) mass is 224 g/mol. The maximum Gasteiger partial charge on any atom is 0.236 e. The van der Waals surface area contributed by atoms with E-state index < -0.39 is 0 Å². The summed E-state index contributed by atoms with van der Waals surface area (Å²) in [5, 5.41) is 7.32. The van der Waals surface area contributed by atoms with Crippen LogP contribution < -0.4 is 5.32 Å². The number of amides is 1. The van der Waals surface area contributed by atoms with Crippen LogP contribution in [0.15, 0.2) is 18.5 Å². The highest BCUT2D eigenvalue weighted by Gasteiger charge is 2.06. The topological polar surface area (TPSA) is 50.2 Å². The van der Waals surface area contributed by atoms with E-state index in [2.05, 4.69) is 17.3 Å². The summed E-state index contributed by atoms with van der Waals surface area (Å²) >= 11 is 0. The molecule has 0 aromatic carbocycles. The zero-order chi connectivity index (χ0) is 12.0. The molecule has 1 aromatic heterocycles. The lowest BCUT2D eigenvalue weighted by atomic mass is 10.2. The normalized spacial score (nSPS) is 12.4. The summed E-state index contributed by atoms with van der Waals surface area (Å²) in [5.74, 6) is 0.103. The van der Waals surface area contributed by atoms with Crippen LogP contribution in [0, 0.1) is 0 Å². The minimum Gasteiger partial charge on any atom is -0.348 e. The lowest BCUT2D eigenvalue weighted by Crippen LogP contribution is -2.37. The van der Waals surface area contributed by atoms with Crippen molar-refractivity contribution in [2.75, 3.05) is 20.6 Å². The van der Waals surface area contributed by atoms with Crippen LogP contribution >= 0.6 is 0 Å². The molecule has 16 heavy (non-hydrogen) atoms. The summed E-state index contributed by atoms with van der Waals surface area (Å²) in [6, 6.07) is 2.22. The summed E-state index contributed by atoms with van der Waals surface area (Å²) in [5.41, 5.74) is 0. The summed E-state index contributed by atoms with van der Waals surface area (Å²) < 4.78 is 1.89. The van der Waals surface area contributed by atoms with Gasteiger partial charge in [-0.15, -0.1) is 0 Å². The van der Waals surface area contributed by atoms with E-state index in [0.717, 1.165) is 13.0 Å². The van der Waals surface area contributed by atoms with E-state index in [1.54, 1.807) is 25.2 Å². The first-order valence-corrected chi connectivity index (χ1v) is 5.50. The van der Waals surface area contributed by atoms with Crippen LogP contribution in [0.2, 0.25) is 0 Å². The average molecular weight is 224 g/mol. The van der Waals surface area contributed by atoms with Crippen molar-refractivity contribution in [2.24, 2.45) is 0 Å². The molecule has 0 aliphatic rings. The molecule has 1 unspecified atom stereocenters. The third-order valence-electron chi connectivity index (χ3n) is 2.45. The number of aryl methyl sites for hydroxylation is 1. The molecular formula is C11H20N4O. The lowest BCUT2D eigenvalue weighted by molar-refractivity contribution is -0.127. The molecule has 0 spiro atoms. The minimum absolute atomic E-state index is 0.103. The molecule has 0 aliphatic carbocycles. The zero-order valence-electron chi connectivity index (χ0n) is 10.2. The Hall–Kier alpha value is -1.36. The fourth-order valence-electron chi connectivity index (χ4n) is 1.28. The van der Waals surface area contributed by atoms with Crippen LogP contribution in [0.5, 0.6) is 0 Å². The van der Waals surface area contributed by atoms with Gasteiger partial charge in [-0.1, -0.05) is 0 Å². The molecular weight excluding hydrogens is 204 g/mol. The Labute approximate surface area is 96.4 Å². The van der Waals surface area contributed by atoms with Crippen molar-refractivity contribution in [2.45, 2.75) is 25.9 Å². The zero-order valence-corrected chi connectivity index (χ0v) is 10.2. The molecule has 1 aromatic rings. The molecule has 0 bridgehead atoms. The van der Waals surface area contributed by atoms with Gasteiger partial charge in [0.25, 0.3) is 0 Å². The van der Waals surface area contributed by atoms with E-state index in [9.17, 15) is 4.79 Å². The third-order valence-corrected chi connectivity index (χ3v) is 2.45. The van der Waals surface area contributed by atoms with Crippen LogP contribution in [0.25, 0.3) is 0 Å². The molecule has 0 saturated carbocycles. The largest absolute Gasteiger partial charge is 0.348 e. The number of carbonyl (C=O) groups excluding carboxylic acids is 1. The van der Waals surface area contributed by atoms with Gasteiger partial charge in [-0.25, -0.2) is 0 Å². The van der Waals surface area contributed by atoms with Gasteiger partial charge in [-0.05, 0) is 19.4 Å². The number of nitrogens with one attached hydrogen (secondary N) is 1. The number of nitrogens with zero attached hydrogens (tertiary/aromatic N) is 3. The molecule has 90 valence electrons. The van der Waals surface area contributed by atoms with Crippen LogP contribution in [0.3, 0.4) is 0 Å². The summed E-state index contributed by atoms with van der Waals surface area (Å²) in [6.07, 6.45) is 4.67. The van der Waals surface area contributed by atoms with Crippen molar-refractivity contribution >= 4 is 5.91 Å². The highest BCUT2D eigenvalue weighted by Crippen LogP contribution is 1.95. The Kier molecular flexibility index (Phi) is 4.98. The van der Waals surface area contributed by atoms with Crippen molar-refractivity contribution in [3.63, 3.8) is 0 Å². The van der Waals surface area contributed by atoms with Gasteiger partial charge in [0.15, 0.2) is 0 Å². The van der Waals surface area contributed by atoms with Crippen LogP contribution in [0.4, 0.5) is 0 Å². The minimum atomic E-state index is 0.103. The maximum absolute atomic E-state index is 11.3. The molecule has 0 fully saturated rings. The number of rotatable bonds is 6. The number of aromatic nitrogens is 2. The smallest absolute Gasteiger partial charge is 0.236 e. The fraction of sp³-hybridized carbons (Fsp3) is 0.636. The Balaban J connectivity index is 2.16. The fourth-order valence-corrected chi connectivity index (χ4v) is 1.28. The van der Waals surface area contributed by atoms with Gasteiger partial charge in [0.1, 0.15) is 0 Å².